The third-order valence-electron chi connectivity index (χ3n) is 2.85. The van der Waals surface area contributed by atoms with Crippen LogP contribution in [0.2, 0.25) is 0 Å². The van der Waals surface area contributed by atoms with Crippen LogP contribution in [-0.4, -0.2) is 29.8 Å². The Morgan fingerprint density at radius 1 is 1.22 bits per heavy atom. The maximum Gasteiger partial charge on any atom is 0.337 e. The number of methoxy groups -OCH3 is 1. The molecule has 0 unspecified atom stereocenters. The summed E-state index contributed by atoms with van der Waals surface area (Å²) in [5, 5.41) is 4.54. The quantitative estimate of drug-likeness (QED) is 0.517. The molecule has 7 heteroatoms. The van der Waals surface area contributed by atoms with E-state index >= 15 is 0 Å². The lowest BCUT2D eigenvalue weighted by atomic mass is 10.1. The van der Waals surface area contributed by atoms with Gasteiger partial charge in [-0.05, 0) is 23.8 Å². The molecule has 0 radical (unpaired) electrons. The van der Waals surface area contributed by atoms with Crippen molar-refractivity contribution in [2.45, 2.75) is 6.92 Å². The van der Waals surface area contributed by atoms with Gasteiger partial charge >= 0.3 is 5.97 Å². The molecule has 0 aliphatic heterocycles. The highest BCUT2D eigenvalue weighted by Gasteiger charge is 2.07. The van der Waals surface area contributed by atoms with Gasteiger partial charge in [0.15, 0.2) is 10.9 Å². The molecule has 1 N–H and O–H groups in total. The second-order valence-electron chi connectivity index (χ2n) is 4.53. The second-order valence-corrected chi connectivity index (χ2v) is 5.39. The van der Waals surface area contributed by atoms with Gasteiger partial charge in [-0.3, -0.25) is 14.9 Å². The van der Waals surface area contributed by atoms with Gasteiger partial charge in [0, 0.05) is 18.4 Å². The van der Waals surface area contributed by atoms with Crippen LogP contribution >= 0.6 is 11.3 Å². The zero-order valence-corrected chi connectivity index (χ0v) is 13.3. The minimum Gasteiger partial charge on any atom is -0.465 e. The normalized spacial score (nSPS) is 10.5. The summed E-state index contributed by atoms with van der Waals surface area (Å²) in [6.45, 7) is 1.42. The Kier molecular flexibility index (Phi) is 5.37. The van der Waals surface area contributed by atoms with Crippen molar-refractivity contribution in [1.29, 1.82) is 0 Å². The van der Waals surface area contributed by atoms with Crippen LogP contribution in [0.1, 0.15) is 33.3 Å². The molecular weight excluding hydrogens is 316 g/mol. The van der Waals surface area contributed by atoms with Crippen molar-refractivity contribution in [2.75, 3.05) is 12.4 Å². The van der Waals surface area contributed by atoms with E-state index in [4.69, 9.17) is 0 Å². The van der Waals surface area contributed by atoms with Gasteiger partial charge in [-0.2, -0.15) is 0 Å². The molecule has 0 fully saturated rings. The number of anilines is 1. The highest BCUT2D eigenvalue weighted by atomic mass is 32.1. The van der Waals surface area contributed by atoms with Crippen molar-refractivity contribution in [2.24, 2.45) is 0 Å². The fourth-order valence-corrected chi connectivity index (χ4v) is 2.41. The number of ether oxygens (including phenoxy) is 1. The third-order valence-corrected chi connectivity index (χ3v) is 3.61. The number of esters is 1. The summed E-state index contributed by atoms with van der Waals surface area (Å²) in [6.07, 6.45) is 2.96. The van der Waals surface area contributed by atoms with Crippen LogP contribution in [0.25, 0.3) is 6.08 Å². The van der Waals surface area contributed by atoms with Crippen LogP contribution in [-0.2, 0) is 9.53 Å². The minimum absolute atomic E-state index is 0.150. The zero-order valence-electron chi connectivity index (χ0n) is 12.5. The molecule has 2 rings (SSSR count). The molecule has 118 valence electrons. The maximum absolute atomic E-state index is 11.8. The number of carbonyl (C=O) groups excluding carboxylic acids is 3. The van der Waals surface area contributed by atoms with Gasteiger partial charge in [-0.15, -0.1) is 11.3 Å². The van der Waals surface area contributed by atoms with Crippen LogP contribution in [0, 0.1) is 0 Å². The van der Waals surface area contributed by atoms with Crippen LogP contribution in [0.3, 0.4) is 0 Å². The first kappa shape index (κ1) is 16.6. The third kappa shape index (κ3) is 4.58. The van der Waals surface area contributed by atoms with Crippen LogP contribution in [0.15, 0.2) is 35.7 Å². The Morgan fingerprint density at radius 2 is 1.91 bits per heavy atom. The lowest BCUT2D eigenvalue weighted by Gasteiger charge is -1.99. The fourth-order valence-electron chi connectivity index (χ4n) is 1.66. The van der Waals surface area contributed by atoms with Crippen molar-refractivity contribution in [1.82, 2.24) is 4.98 Å². The number of rotatable bonds is 5. The maximum atomic E-state index is 11.8. The number of aromatic nitrogens is 1. The number of hydrogen-bond acceptors (Lipinski definition) is 6. The molecule has 0 spiro atoms. The number of nitrogens with zero attached hydrogens (tertiary/aromatic N) is 1. The first-order chi connectivity index (χ1) is 11.0. The highest BCUT2D eigenvalue weighted by molar-refractivity contribution is 7.14. The standard InChI is InChI=1S/C16H14N2O4S/c1-10(19)13-9-23-16(17-13)18-14(20)8-5-11-3-6-12(7-4-11)15(21)22-2/h3-9H,1-2H3,(H,17,18,20)/b8-5+. The molecule has 2 aromatic rings. The summed E-state index contributed by atoms with van der Waals surface area (Å²) >= 11 is 1.19. The van der Waals surface area contributed by atoms with Crippen molar-refractivity contribution in [3.8, 4) is 0 Å². The smallest absolute Gasteiger partial charge is 0.337 e. The second kappa shape index (κ2) is 7.46. The number of ketones is 1. The minimum atomic E-state index is -0.414. The molecule has 1 heterocycles. The number of amides is 1. The summed E-state index contributed by atoms with van der Waals surface area (Å²) < 4.78 is 4.61. The van der Waals surface area contributed by atoms with Crippen LogP contribution in [0.5, 0.6) is 0 Å². The Bertz CT molecular complexity index is 763. The summed E-state index contributed by atoms with van der Waals surface area (Å²) in [7, 11) is 1.32. The first-order valence-corrected chi connectivity index (χ1v) is 7.51. The molecule has 0 aliphatic carbocycles. The summed E-state index contributed by atoms with van der Waals surface area (Å²) in [5.74, 6) is -0.919. The highest BCUT2D eigenvalue weighted by Crippen LogP contribution is 2.16. The molecule has 0 saturated heterocycles. The van der Waals surface area contributed by atoms with E-state index in [2.05, 4.69) is 15.0 Å². The number of benzene rings is 1. The number of hydrogen-bond donors (Lipinski definition) is 1. The van der Waals surface area contributed by atoms with E-state index in [1.54, 1.807) is 35.7 Å². The average Bonchev–Trinajstić information content (AvgIpc) is 3.01. The summed E-state index contributed by atoms with van der Waals surface area (Å²) in [4.78, 5) is 38.2. The van der Waals surface area contributed by atoms with Gasteiger partial charge in [-0.1, -0.05) is 12.1 Å². The molecule has 23 heavy (non-hydrogen) atoms. The molecule has 1 amide bonds. The van der Waals surface area contributed by atoms with E-state index in [1.807, 2.05) is 0 Å². The van der Waals surface area contributed by atoms with E-state index < -0.39 is 5.97 Å². The number of nitrogens with one attached hydrogen (secondary N) is 1. The van der Waals surface area contributed by atoms with Gasteiger partial charge in [0.1, 0.15) is 5.69 Å². The van der Waals surface area contributed by atoms with Crippen LogP contribution < -0.4 is 5.32 Å². The molecule has 0 bridgehead atoms. The van der Waals surface area contributed by atoms with E-state index in [0.717, 1.165) is 5.56 Å². The van der Waals surface area contributed by atoms with Gasteiger partial charge in [0.25, 0.3) is 0 Å². The zero-order chi connectivity index (χ0) is 16.8. The van der Waals surface area contributed by atoms with Gasteiger partial charge in [0.2, 0.25) is 5.91 Å². The van der Waals surface area contributed by atoms with Gasteiger partial charge in [-0.25, -0.2) is 9.78 Å². The monoisotopic (exact) mass is 330 g/mol. The summed E-state index contributed by atoms with van der Waals surface area (Å²) in [5.41, 5.74) is 1.53. The van der Waals surface area contributed by atoms with Crippen molar-refractivity contribution < 1.29 is 19.1 Å². The predicted molar refractivity (Wildman–Crippen MR) is 87.6 cm³/mol. The van der Waals surface area contributed by atoms with Crippen molar-refractivity contribution in [3.05, 3.63) is 52.5 Å². The van der Waals surface area contributed by atoms with Crippen molar-refractivity contribution >= 4 is 40.2 Å². The van der Waals surface area contributed by atoms with Gasteiger partial charge in [0.05, 0.1) is 12.7 Å². The Labute approximate surface area is 136 Å². The lowest BCUT2D eigenvalue weighted by molar-refractivity contribution is -0.111. The predicted octanol–water partition coefficient (Wildman–Crippen LogP) is 2.78. The molecule has 1 aromatic carbocycles. The molecular formula is C16H14N2O4S. The molecule has 0 aliphatic rings. The average molecular weight is 330 g/mol. The fraction of sp³-hybridized carbons (Fsp3) is 0.125. The molecule has 0 saturated carbocycles. The van der Waals surface area contributed by atoms with E-state index in [9.17, 15) is 14.4 Å². The number of carbonyl (C=O) groups is 3. The molecule has 1 aromatic heterocycles. The topological polar surface area (TPSA) is 85.4 Å². The summed E-state index contributed by atoms with van der Waals surface area (Å²) in [6, 6.07) is 6.63. The molecule has 6 nitrogen and oxygen atoms in total. The number of thiazole rings is 1. The van der Waals surface area contributed by atoms with Crippen LogP contribution in [0.4, 0.5) is 5.13 Å². The lowest BCUT2D eigenvalue weighted by Crippen LogP contribution is -2.07. The van der Waals surface area contributed by atoms with Crippen molar-refractivity contribution in [3.63, 3.8) is 0 Å². The number of Topliss-reactive ketones (excluding diaryl/α,β-unsaturated/α-hetero) is 1. The largest absolute Gasteiger partial charge is 0.465 e. The Morgan fingerprint density at radius 3 is 2.48 bits per heavy atom. The Balaban J connectivity index is 1.97. The molecule has 0 atom stereocenters. The van der Waals surface area contributed by atoms with E-state index in [-0.39, 0.29) is 11.7 Å². The first-order valence-electron chi connectivity index (χ1n) is 6.63. The Hall–Kier alpha value is -2.80. The van der Waals surface area contributed by atoms with E-state index in [0.29, 0.717) is 16.4 Å². The van der Waals surface area contributed by atoms with Gasteiger partial charge < -0.3 is 4.74 Å². The SMILES string of the molecule is COC(=O)c1ccc(/C=C/C(=O)Nc2nc(C(C)=O)cs2)cc1. The van der Waals surface area contributed by atoms with E-state index in [1.165, 1.54) is 31.4 Å².